The van der Waals surface area contributed by atoms with Gasteiger partial charge in [0.1, 0.15) is 17.7 Å². The Kier molecular flexibility index (Phi) is 2.96. The molecule has 0 amide bonds. The van der Waals surface area contributed by atoms with Crippen LogP contribution < -0.4 is 14.8 Å². The van der Waals surface area contributed by atoms with Gasteiger partial charge in [-0.15, -0.1) is 0 Å². The summed E-state index contributed by atoms with van der Waals surface area (Å²) in [6.07, 6.45) is 5.45. The highest BCUT2D eigenvalue weighted by Crippen LogP contribution is 2.47. The molecule has 20 heavy (non-hydrogen) atoms. The summed E-state index contributed by atoms with van der Waals surface area (Å²) < 4.78 is 11.9. The Balaban J connectivity index is 1.78. The molecule has 2 aliphatic rings. The maximum Gasteiger partial charge on any atom is 0.251 e. The van der Waals surface area contributed by atoms with Gasteiger partial charge in [-0.25, -0.2) is 0 Å². The third-order valence-corrected chi connectivity index (χ3v) is 3.53. The van der Waals surface area contributed by atoms with E-state index >= 15 is 0 Å². The van der Waals surface area contributed by atoms with Crippen molar-refractivity contribution in [1.29, 1.82) is 10.5 Å². The summed E-state index contributed by atoms with van der Waals surface area (Å²) >= 11 is 0. The lowest BCUT2D eigenvalue weighted by Crippen LogP contribution is -2.34. The second-order valence-corrected chi connectivity index (χ2v) is 4.91. The molecule has 0 unspecified atom stereocenters. The summed E-state index contributed by atoms with van der Waals surface area (Å²) in [5.41, 5.74) is 0.778. The lowest BCUT2D eigenvalue weighted by atomic mass is 10.2. The Morgan fingerprint density at radius 2 is 1.85 bits per heavy atom. The molecule has 5 heteroatoms. The van der Waals surface area contributed by atoms with E-state index in [9.17, 15) is 0 Å². The van der Waals surface area contributed by atoms with Crippen LogP contribution in [0.5, 0.6) is 11.5 Å². The predicted octanol–water partition coefficient (Wildman–Crippen LogP) is 3.07. The van der Waals surface area contributed by atoms with Crippen LogP contribution in [0, 0.1) is 22.7 Å². The standard InChI is InChI=1S/C15H13N3O2/c16-8-11(9-17)10-18-12-3-4-13-14(7-12)20-15(19-13)5-1-2-6-15/h3-4,7,10,18H,1-2,5-6H2. The average molecular weight is 267 g/mol. The van der Waals surface area contributed by atoms with Gasteiger partial charge in [-0.05, 0) is 25.0 Å². The predicted molar refractivity (Wildman–Crippen MR) is 71.8 cm³/mol. The Hall–Kier alpha value is -2.66. The second-order valence-electron chi connectivity index (χ2n) is 4.91. The molecular formula is C15H13N3O2. The lowest BCUT2D eigenvalue weighted by molar-refractivity contribution is -0.0716. The van der Waals surface area contributed by atoms with Crippen molar-refractivity contribution in [3.8, 4) is 23.6 Å². The van der Waals surface area contributed by atoms with Crippen LogP contribution in [0.3, 0.4) is 0 Å². The first-order valence-corrected chi connectivity index (χ1v) is 6.54. The fraction of sp³-hybridized carbons (Fsp3) is 0.333. The zero-order valence-corrected chi connectivity index (χ0v) is 10.8. The number of nitriles is 2. The molecule has 1 N–H and O–H groups in total. The largest absolute Gasteiger partial charge is 0.448 e. The van der Waals surface area contributed by atoms with Gasteiger partial charge in [0.15, 0.2) is 11.5 Å². The van der Waals surface area contributed by atoms with Crippen molar-refractivity contribution in [2.45, 2.75) is 31.5 Å². The molecule has 1 spiro atoms. The Morgan fingerprint density at radius 1 is 1.15 bits per heavy atom. The molecule has 1 aromatic carbocycles. The summed E-state index contributed by atoms with van der Waals surface area (Å²) in [4.78, 5) is 0. The molecule has 0 saturated heterocycles. The van der Waals surface area contributed by atoms with Gasteiger partial charge in [-0.3, -0.25) is 0 Å². The van der Waals surface area contributed by atoms with Crippen LogP contribution in [0.25, 0.3) is 0 Å². The summed E-state index contributed by atoms with van der Waals surface area (Å²) in [6.45, 7) is 0. The molecule has 1 aromatic rings. The van der Waals surface area contributed by atoms with Crippen molar-refractivity contribution in [2.75, 3.05) is 5.32 Å². The van der Waals surface area contributed by atoms with Gasteiger partial charge < -0.3 is 14.8 Å². The number of nitrogens with zero attached hydrogens (tertiary/aromatic N) is 2. The van der Waals surface area contributed by atoms with Gasteiger partial charge in [-0.1, -0.05) is 0 Å². The van der Waals surface area contributed by atoms with Crippen LogP contribution in [-0.4, -0.2) is 5.79 Å². The number of nitrogens with one attached hydrogen (secondary N) is 1. The van der Waals surface area contributed by atoms with E-state index in [1.54, 1.807) is 12.1 Å². The first-order valence-electron chi connectivity index (χ1n) is 6.54. The molecule has 1 saturated carbocycles. The molecule has 1 aliphatic carbocycles. The van der Waals surface area contributed by atoms with Crippen molar-refractivity contribution in [1.82, 2.24) is 0 Å². The van der Waals surface area contributed by atoms with E-state index in [2.05, 4.69) is 5.32 Å². The highest BCUT2D eigenvalue weighted by atomic mass is 16.7. The van der Waals surface area contributed by atoms with E-state index in [1.807, 2.05) is 18.2 Å². The highest BCUT2D eigenvalue weighted by molar-refractivity contribution is 5.58. The van der Waals surface area contributed by atoms with Crippen molar-refractivity contribution < 1.29 is 9.47 Å². The molecule has 0 aromatic heterocycles. The van der Waals surface area contributed by atoms with Gasteiger partial charge in [-0.2, -0.15) is 10.5 Å². The number of hydrogen-bond acceptors (Lipinski definition) is 5. The van der Waals surface area contributed by atoms with E-state index in [-0.39, 0.29) is 5.57 Å². The maximum atomic E-state index is 8.67. The van der Waals surface area contributed by atoms with Gasteiger partial charge in [0.2, 0.25) is 0 Å². The molecule has 100 valence electrons. The number of anilines is 1. The third kappa shape index (κ3) is 2.15. The molecule has 0 bridgehead atoms. The number of hydrogen-bond donors (Lipinski definition) is 1. The van der Waals surface area contributed by atoms with Gasteiger partial charge >= 0.3 is 0 Å². The fourth-order valence-corrected chi connectivity index (χ4v) is 2.55. The van der Waals surface area contributed by atoms with Gasteiger partial charge in [0.25, 0.3) is 5.79 Å². The third-order valence-electron chi connectivity index (χ3n) is 3.53. The molecule has 1 heterocycles. The summed E-state index contributed by atoms with van der Waals surface area (Å²) in [5, 5.41) is 20.3. The van der Waals surface area contributed by atoms with Crippen molar-refractivity contribution in [3.63, 3.8) is 0 Å². The van der Waals surface area contributed by atoms with Crippen LogP contribution >= 0.6 is 0 Å². The SMILES string of the molecule is N#CC(C#N)=CNc1ccc2c(c1)OC1(CCCC1)O2. The average Bonchev–Trinajstić information content (AvgIpc) is 3.06. The number of fused-ring (bicyclic) bond motifs is 1. The van der Waals surface area contributed by atoms with E-state index < -0.39 is 5.79 Å². The van der Waals surface area contributed by atoms with Crippen LogP contribution in [0.4, 0.5) is 5.69 Å². The van der Waals surface area contributed by atoms with Crippen LogP contribution in [-0.2, 0) is 0 Å². The summed E-state index contributed by atoms with van der Waals surface area (Å²) in [6, 6.07) is 9.09. The normalized spacial score (nSPS) is 17.3. The molecule has 0 radical (unpaired) electrons. The number of ether oxygens (including phenoxy) is 2. The first-order chi connectivity index (χ1) is 9.74. The Bertz CT molecular complexity index is 630. The zero-order chi connectivity index (χ0) is 14.0. The van der Waals surface area contributed by atoms with Crippen molar-refractivity contribution >= 4 is 5.69 Å². The number of benzene rings is 1. The molecular weight excluding hydrogens is 254 g/mol. The smallest absolute Gasteiger partial charge is 0.251 e. The summed E-state index contributed by atoms with van der Waals surface area (Å²) in [7, 11) is 0. The Morgan fingerprint density at radius 3 is 2.55 bits per heavy atom. The zero-order valence-electron chi connectivity index (χ0n) is 10.8. The molecule has 1 fully saturated rings. The molecule has 3 rings (SSSR count). The van der Waals surface area contributed by atoms with Crippen molar-refractivity contribution in [3.05, 3.63) is 30.0 Å². The monoisotopic (exact) mass is 267 g/mol. The fourth-order valence-electron chi connectivity index (χ4n) is 2.55. The van der Waals surface area contributed by atoms with E-state index in [0.29, 0.717) is 5.75 Å². The summed E-state index contributed by atoms with van der Waals surface area (Å²) in [5.74, 6) is 0.990. The van der Waals surface area contributed by atoms with E-state index in [0.717, 1.165) is 37.1 Å². The minimum absolute atomic E-state index is 0.0231. The molecule has 1 aliphatic heterocycles. The van der Waals surface area contributed by atoms with Gasteiger partial charge in [0, 0.05) is 30.8 Å². The topological polar surface area (TPSA) is 78.1 Å². The van der Waals surface area contributed by atoms with Crippen molar-refractivity contribution in [2.24, 2.45) is 0 Å². The molecule has 0 atom stereocenters. The van der Waals surface area contributed by atoms with E-state index in [4.69, 9.17) is 20.0 Å². The van der Waals surface area contributed by atoms with Crippen LogP contribution in [0.1, 0.15) is 25.7 Å². The quantitative estimate of drug-likeness (QED) is 0.833. The van der Waals surface area contributed by atoms with Gasteiger partial charge in [0.05, 0.1) is 0 Å². The molecule has 5 nitrogen and oxygen atoms in total. The highest BCUT2D eigenvalue weighted by Gasteiger charge is 2.43. The first kappa shape index (κ1) is 12.4. The second kappa shape index (κ2) is 4.79. The maximum absolute atomic E-state index is 8.67. The minimum Gasteiger partial charge on any atom is -0.448 e. The van der Waals surface area contributed by atoms with Crippen LogP contribution in [0.2, 0.25) is 0 Å². The Labute approximate surface area is 117 Å². The van der Waals surface area contributed by atoms with E-state index in [1.165, 1.54) is 6.20 Å². The lowest BCUT2D eigenvalue weighted by Gasteiger charge is -2.21. The number of allylic oxidation sites excluding steroid dienone is 1. The number of rotatable bonds is 2. The minimum atomic E-state index is -0.471. The van der Waals surface area contributed by atoms with Crippen LogP contribution in [0.15, 0.2) is 30.0 Å².